The standard InChI is InChI=1S/C9H20N2O/c1-11(2)9(3-6-10)4-7-12-8-5-9/h3-8,10H2,1-2H3. The Bertz CT molecular complexity index is 125. The number of hydrogen-bond acceptors (Lipinski definition) is 3. The lowest BCUT2D eigenvalue weighted by Crippen LogP contribution is -2.49. The zero-order valence-electron chi connectivity index (χ0n) is 8.18. The fourth-order valence-electron chi connectivity index (χ4n) is 1.94. The molecule has 0 aromatic rings. The lowest BCUT2D eigenvalue weighted by Gasteiger charge is -2.42. The second-order valence-electron chi connectivity index (χ2n) is 3.77. The molecule has 0 atom stereocenters. The van der Waals surface area contributed by atoms with Crippen LogP contribution in [0.15, 0.2) is 0 Å². The summed E-state index contributed by atoms with van der Waals surface area (Å²) in [6.07, 6.45) is 3.33. The van der Waals surface area contributed by atoms with E-state index in [9.17, 15) is 0 Å². The quantitative estimate of drug-likeness (QED) is 0.671. The van der Waals surface area contributed by atoms with Gasteiger partial charge in [0.15, 0.2) is 0 Å². The van der Waals surface area contributed by atoms with Gasteiger partial charge < -0.3 is 15.4 Å². The molecule has 1 aliphatic heterocycles. The summed E-state index contributed by atoms with van der Waals surface area (Å²) in [6.45, 7) is 2.55. The molecular weight excluding hydrogens is 152 g/mol. The predicted molar refractivity (Wildman–Crippen MR) is 50.1 cm³/mol. The average Bonchev–Trinajstić information content (AvgIpc) is 2.06. The van der Waals surface area contributed by atoms with Crippen molar-refractivity contribution in [2.75, 3.05) is 33.9 Å². The molecule has 3 nitrogen and oxygen atoms in total. The number of hydrogen-bond donors (Lipinski definition) is 1. The minimum Gasteiger partial charge on any atom is -0.381 e. The van der Waals surface area contributed by atoms with Crippen LogP contribution in [0.3, 0.4) is 0 Å². The summed E-state index contributed by atoms with van der Waals surface area (Å²) >= 11 is 0. The van der Waals surface area contributed by atoms with E-state index in [-0.39, 0.29) is 0 Å². The molecule has 0 bridgehead atoms. The van der Waals surface area contributed by atoms with Crippen molar-refractivity contribution >= 4 is 0 Å². The molecule has 3 heteroatoms. The summed E-state index contributed by atoms with van der Waals surface area (Å²) in [6, 6.07) is 0. The SMILES string of the molecule is CN(C)C1(CCN)CCOCC1. The third-order valence-electron chi connectivity index (χ3n) is 2.98. The van der Waals surface area contributed by atoms with Gasteiger partial charge in [0, 0.05) is 18.8 Å². The van der Waals surface area contributed by atoms with Crippen molar-refractivity contribution in [1.82, 2.24) is 4.90 Å². The van der Waals surface area contributed by atoms with Crippen LogP contribution in [0.5, 0.6) is 0 Å². The van der Waals surface area contributed by atoms with E-state index < -0.39 is 0 Å². The first kappa shape index (κ1) is 9.96. The monoisotopic (exact) mass is 172 g/mol. The van der Waals surface area contributed by atoms with Gasteiger partial charge >= 0.3 is 0 Å². The number of rotatable bonds is 3. The zero-order chi connectivity index (χ0) is 9.03. The van der Waals surface area contributed by atoms with Crippen LogP contribution in [0.1, 0.15) is 19.3 Å². The minimum atomic E-state index is 0.312. The topological polar surface area (TPSA) is 38.5 Å². The Hall–Kier alpha value is -0.120. The van der Waals surface area contributed by atoms with Crippen LogP contribution in [0.25, 0.3) is 0 Å². The van der Waals surface area contributed by atoms with E-state index in [0.29, 0.717) is 5.54 Å². The first-order chi connectivity index (χ1) is 5.71. The Morgan fingerprint density at radius 1 is 1.33 bits per heavy atom. The van der Waals surface area contributed by atoms with Crippen LogP contribution in [0.4, 0.5) is 0 Å². The molecule has 12 heavy (non-hydrogen) atoms. The maximum absolute atomic E-state index is 5.61. The lowest BCUT2D eigenvalue weighted by molar-refractivity contribution is -0.0107. The normalized spacial score (nSPS) is 23.0. The first-order valence-corrected chi connectivity index (χ1v) is 4.66. The van der Waals surface area contributed by atoms with Gasteiger partial charge in [0.2, 0.25) is 0 Å². The van der Waals surface area contributed by atoms with Gasteiger partial charge in [-0.3, -0.25) is 0 Å². The molecule has 1 saturated heterocycles. The van der Waals surface area contributed by atoms with E-state index in [2.05, 4.69) is 19.0 Å². The summed E-state index contributed by atoms with van der Waals surface area (Å²) in [5.74, 6) is 0. The molecule has 2 N–H and O–H groups in total. The number of ether oxygens (including phenoxy) is 1. The van der Waals surface area contributed by atoms with Crippen molar-refractivity contribution in [2.24, 2.45) is 5.73 Å². The molecule has 1 rings (SSSR count). The Morgan fingerprint density at radius 3 is 2.33 bits per heavy atom. The maximum Gasteiger partial charge on any atom is 0.0483 e. The molecule has 0 amide bonds. The van der Waals surface area contributed by atoms with Gasteiger partial charge in [-0.15, -0.1) is 0 Å². The van der Waals surface area contributed by atoms with Crippen LogP contribution in [0.2, 0.25) is 0 Å². The zero-order valence-corrected chi connectivity index (χ0v) is 8.18. The molecule has 0 aliphatic carbocycles. The molecule has 0 aromatic carbocycles. The molecular formula is C9H20N2O. The second kappa shape index (κ2) is 4.21. The molecule has 72 valence electrons. The van der Waals surface area contributed by atoms with Crippen molar-refractivity contribution < 1.29 is 4.74 Å². The van der Waals surface area contributed by atoms with Gasteiger partial charge in [0.05, 0.1) is 0 Å². The van der Waals surface area contributed by atoms with Gasteiger partial charge in [0.1, 0.15) is 0 Å². The third kappa shape index (κ3) is 1.97. The molecule has 0 aromatic heterocycles. The van der Waals surface area contributed by atoms with Crippen LogP contribution >= 0.6 is 0 Å². The fourth-order valence-corrected chi connectivity index (χ4v) is 1.94. The highest BCUT2D eigenvalue weighted by molar-refractivity contribution is 4.89. The van der Waals surface area contributed by atoms with Crippen LogP contribution in [-0.2, 0) is 4.74 Å². The van der Waals surface area contributed by atoms with E-state index in [4.69, 9.17) is 10.5 Å². The van der Waals surface area contributed by atoms with Crippen molar-refractivity contribution in [3.05, 3.63) is 0 Å². The smallest absolute Gasteiger partial charge is 0.0483 e. The van der Waals surface area contributed by atoms with Crippen molar-refractivity contribution in [3.8, 4) is 0 Å². The molecule has 0 spiro atoms. The number of nitrogens with zero attached hydrogens (tertiary/aromatic N) is 1. The summed E-state index contributed by atoms with van der Waals surface area (Å²) in [5, 5.41) is 0. The Balaban J connectivity index is 2.56. The summed E-state index contributed by atoms with van der Waals surface area (Å²) < 4.78 is 5.35. The van der Waals surface area contributed by atoms with Crippen molar-refractivity contribution in [1.29, 1.82) is 0 Å². The highest BCUT2D eigenvalue weighted by Crippen LogP contribution is 2.28. The fraction of sp³-hybridized carbons (Fsp3) is 1.00. The molecule has 0 saturated carbocycles. The van der Waals surface area contributed by atoms with E-state index >= 15 is 0 Å². The molecule has 1 fully saturated rings. The van der Waals surface area contributed by atoms with Crippen molar-refractivity contribution in [2.45, 2.75) is 24.8 Å². The van der Waals surface area contributed by atoms with Gasteiger partial charge in [-0.25, -0.2) is 0 Å². The van der Waals surface area contributed by atoms with E-state index in [1.165, 1.54) is 0 Å². The van der Waals surface area contributed by atoms with E-state index in [1.54, 1.807) is 0 Å². The predicted octanol–water partition coefficient (Wildman–Crippen LogP) is 0.446. The highest BCUT2D eigenvalue weighted by Gasteiger charge is 2.33. The van der Waals surface area contributed by atoms with Gasteiger partial charge in [-0.1, -0.05) is 0 Å². The van der Waals surface area contributed by atoms with E-state index in [1.807, 2.05) is 0 Å². The Labute approximate surface area is 74.9 Å². The van der Waals surface area contributed by atoms with E-state index in [0.717, 1.165) is 39.0 Å². The molecule has 0 radical (unpaired) electrons. The van der Waals surface area contributed by atoms with Gasteiger partial charge in [-0.2, -0.15) is 0 Å². The Morgan fingerprint density at radius 2 is 1.92 bits per heavy atom. The third-order valence-corrected chi connectivity index (χ3v) is 2.98. The van der Waals surface area contributed by atoms with Crippen LogP contribution in [-0.4, -0.2) is 44.3 Å². The summed E-state index contributed by atoms with van der Waals surface area (Å²) in [4.78, 5) is 2.31. The first-order valence-electron chi connectivity index (χ1n) is 4.66. The van der Waals surface area contributed by atoms with Crippen LogP contribution in [0, 0.1) is 0 Å². The summed E-state index contributed by atoms with van der Waals surface area (Å²) in [5.41, 5.74) is 5.93. The number of nitrogens with two attached hydrogens (primary N) is 1. The van der Waals surface area contributed by atoms with Gasteiger partial charge in [-0.05, 0) is 39.9 Å². The minimum absolute atomic E-state index is 0.312. The molecule has 1 aliphatic rings. The van der Waals surface area contributed by atoms with Crippen LogP contribution < -0.4 is 5.73 Å². The molecule has 0 unspecified atom stereocenters. The largest absolute Gasteiger partial charge is 0.381 e. The second-order valence-corrected chi connectivity index (χ2v) is 3.77. The maximum atomic E-state index is 5.61. The summed E-state index contributed by atoms with van der Waals surface area (Å²) in [7, 11) is 4.28. The van der Waals surface area contributed by atoms with Crippen molar-refractivity contribution in [3.63, 3.8) is 0 Å². The molecule has 1 heterocycles. The highest BCUT2D eigenvalue weighted by atomic mass is 16.5. The lowest BCUT2D eigenvalue weighted by atomic mass is 9.85. The Kier molecular flexibility index (Phi) is 3.50. The van der Waals surface area contributed by atoms with Gasteiger partial charge in [0.25, 0.3) is 0 Å². The average molecular weight is 172 g/mol.